The molecule has 0 radical (unpaired) electrons. The van der Waals surface area contributed by atoms with Crippen LogP contribution in [0.3, 0.4) is 0 Å². The summed E-state index contributed by atoms with van der Waals surface area (Å²) in [5.41, 5.74) is 10.1. The highest BCUT2D eigenvalue weighted by atomic mass is 14.9. The summed E-state index contributed by atoms with van der Waals surface area (Å²) in [5, 5.41) is 3.59. The molecule has 0 aliphatic heterocycles. The van der Waals surface area contributed by atoms with Gasteiger partial charge in [-0.25, -0.2) is 0 Å². The van der Waals surface area contributed by atoms with Gasteiger partial charge in [0.1, 0.15) is 0 Å². The maximum atomic E-state index is 5.71. The summed E-state index contributed by atoms with van der Waals surface area (Å²) in [7, 11) is 0. The molecule has 1 aromatic rings. The molecule has 1 unspecified atom stereocenters. The van der Waals surface area contributed by atoms with E-state index in [1.807, 2.05) is 0 Å². The van der Waals surface area contributed by atoms with Crippen LogP contribution in [0.25, 0.3) is 0 Å². The largest absolute Gasteiger partial charge is 0.382 e. The zero-order chi connectivity index (χ0) is 11.7. The van der Waals surface area contributed by atoms with Gasteiger partial charge in [0.25, 0.3) is 0 Å². The van der Waals surface area contributed by atoms with E-state index in [2.05, 4.69) is 23.5 Å². The molecular formula is C15H22N2. The summed E-state index contributed by atoms with van der Waals surface area (Å²) >= 11 is 0. The normalized spacial score (nSPS) is 23.2. The van der Waals surface area contributed by atoms with E-state index in [4.69, 9.17) is 5.73 Å². The average molecular weight is 230 g/mol. The number of hydrogen-bond donors (Lipinski definition) is 2. The Labute approximate surface area is 104 Å². The van der Waals surface area contributed by atoms with Crippen molar-refractivity contribution in [1.82, 2.24) is 0 Å². The Kier molecular flexibility index (Phi) is 3.06. The summed E-state index contributed by atoms with van der Waals surface area (Å²) in [6.07, 6.45) is 7.71. The molecule has 3 rings (SSSR count). The van der Waals surface area contributed by atoms with Gasteiger partial charge in [-0.2, -0.15) is 0 Å². The van der Waals surface area contributed by atoms with Crippen LogP contribution in [-0.2, 0) is 6.42 Å². The number of hydrogen-bond acceptors (Lipinski definition) is 2. The van der Waals surface area contributed by atoms with Crippen LogP contribution >= 0.6 is 0 Å². The zero-order valence-electron chi connectivity index (χ0n) is 10.4. The molecule has 0 saturated heterocycles. The molecule has 1 atom stereocenters. The molecule has 2 nitrogen and oxygen atoms in total. The lowest BCUT2D eigenvalue weighted by molar-refractivity contribution is 0.526. The van der Waals surface area contributed by atoms with Crippen LogP contribution in [0, 0.1) is 0 Å². The van der Waals surface area contributed by atoms with Gasteiger partial charge in [0.15, 0.2) is 0 Å². The highest BCUT2D eigenvalue weighted by molar-refractivity contribution is 5.51. The lowest BCUT2D eigenvalue weighted by Crippen LogP contribution is -2.14. The number of nitrogens with one attached hydrogen (secondary N) is 1. The monoisotopic (exact) mass is 230 g/mol. The molecule has 1 saturated carbocycles. The molecule has 1 fully saturated rings. The van der Waals surface area contributed by atoms with Gasteiger partial charge in [-0.3, -0.25) is 0 Å². The Morgan fingerprint density at radius 2 is 2.12 bits per heavy atom. The summed E-state index contributed by atoms with van der Waals surface area (Å²) < 4.78 is 0. The maximum absolute atomic E-state index is 5.71. The van der Waals surface area contributed by atoms with Crippen LogP contribution < -0.4 is 11.1 Å². The molecule has 0 aromatic heterocycles. The van der Waals surface area contributed by atoms with Gasteiger partial charge in [0.05, 0.1) is 0 Å². The molecule has 17 heavy (non-hydrogen) atoms. The minimum absolute atomic E-state index is 0.707. The number of nitrogens with two attached hydrogens (primary N) is 1. The van der Waals surface area contributed by atoms with Crippen molar-refractivity contribution >= 4 is 5.69 Å². The molecule has 92 valence electrons. The Balaban J connectivity index is 1.80. The van der Waals surface area contributed by atoms with E-state index in [-0.39, 0.29) is 0 Å². The second-order valence-electron chi connectivity index (χ2n) is 5.50. The fourth-order valence-electron chi connectivity index (χ4n) is 2.97. The van der Waals surface area contributed by atoms with Gasteiger partial charge >= 0.3 is 0 Å². The van der Waals surface area contributed by atoms with Crippen molar-refractivity contribution < 1.29 is 0 Å². The van der Waals surface area contributed by atoms with Crippen molar-refractivity contribution in [2.75, 3.05) is 11.9 Å². The fraction of sp³-hybridized carbons (Fsp3) is 0.600. The molecule has 0 bridgehead atoms. The number of fused-ring (bicyclic) bond motifs is 1. The van der Waals surface area contributed by atoms with Gasteiger partial charge in [0.2, 0.25) is 0 Å². The Hall–Kier alpha value is -1.02. The average Bonchev–Trinajstić information content (AvgIpc) is 3.13. The molecule has 0 spiro atoms. The topological polar surface area (TPSA) is 38.0 Å². The fourth-order valence-corrected chi connectivity index (χ4v) is 2.97. The summed E-state index contributed by atoms with van der Waals surface area (Å²) in [6.45, 7) is 0.812. The molecule has 3 N–H and O–H groups in total. The van der Waals surface area contributed by atoms with Crippen LogP contribution in [0.4, 0.5) is 5.69 Å². The first-order valence-corrected chi connectivity index (χ1v) is 6.96. The molecule has 0 heterocycles. The van der Waals surface area contributed by atoms with Crippen molar-refractivity contribution in [1.29, 1.82) is 0 Å². The van der Waals surface area contributed by atoms with Crippen molar-refractivity contribution in [3.05, 3.63) is 29.3 Å². The van der Waals surface area contributed by atoms with E-state index < -0.39 is 0 Å². The van der Waals surface area contributed by atoms with E-state index in [1.54, 1.807) is 11.1 Å². The predicted octanol–water partition coefficient (Wildman–Crippen LogP) is 3.03. The highest BCUT2D eigenvalue weighted by Crippen LogP contribution is 2.35. The molecule has 1 aromatic carbocycles. The van der Waals surface area contributed by atoms with E-state index in [1.165, 1.54) is 37.8 Å². The highest BCUT2D eigenvalue weighted by Gasteiger charge is 2.23. The smallest absolute Gasteiger partial charge is 0.0345 e. The van der Waals surface area contributed by atoms with Gasteiger partial charge in [0, 0.05) is 11.7 Å². The van der Waals surface area contributed by atoms with E-state index in [9.17, 15) is 0 Å². The lowest BCUT2D eigenvalue weighted by atomic mass is 9.81. The van der Waals surface area contributed by atoms with Gasteiger partial charge in [-0.05, 0) is 74.2 Å². The van der Waals surface area contributed by atoms with Gasteiger partial charge < -0.3 is 11.1 Å². The Bertz CT molecular complexity index is 396. The minimum Gasteiger partial charge on any atom is -0.382 e. The Morgan fingerprint density at radius 1 is 1.24 bits per heavy atom. The van der Waals surface area contributed by atoms with E-state index >= 15 is 0 Å². The van der Waals surface area contributed by atoms with Crippen molar-refractivity contribution in [2.24, 2.45) is 5.73 Å². The quantitative estimate of drug-likeness (QED) is 0.834. The lowest BCUT2D eigenvalue weighted by Gasteiger charge is -2.26. The molecule has 2 aliphatic rings. The first-order valence-electron chi connectivity index (χ1n) is 6.96. The third-order valence-corrected chi connectivity index (χ3v) is 4.04. The molecule has 0 amide bonds. The molecule has 2 heteroatoms. The summed E-state index contributed by atoms with van der Waals surface area (Å²) in [4.78, 5) is 0. The van der Waals surface area contributed by atoms with E-state index in [0.717, 1.165) is 19.0 Å². The number of rotatable bonds is 4. The van der Waals surface area contributed by atoms with Crippen molar-refractivity contribution in [3.8, 4) is 0 Å². The zero-order valence-corrected chi connectivity index (χ0v) is 10.4. The summed E-state index contributed by atoms with van der Waals surface area (Å²) in [6, 6.07) is 7.71. The number of anilines is 1. The van der Waals surface area contributed by atoms with Crippen LogP contribution in [-0.4, -0.2) is 12.6 Å². The van der Waals surface area contributed by atoms with Crippen LogP contribution in [0.1, 0.15) is 49.1 Å². The third-order valence-electron chi connectivity index (χ3n) is 4.04. The van der Waals surface area contributed by atoms with Gasteiger partial charge in [-0.15, -0.1) is 0 Å². The number of aryl methyl sites for hydroxylation is 1. The minimum atomic E-state index is 0.707. The summed E-state index contributed by atoms with van der Waals surface area (Å²) in [5.74, 6) is 0.707. The first kappa shape index (κ1) is 11.1. The van der Waals surface area contributed by atoms with Crippen LogP contribution in [0.15, 0.2) is 18.2 Å². The van der Waals surface area contributed by atoms with Crippen LogP contribution in [0.2, 0.25) is 0 Å². The van der Waals surface area contributed by atoms with Crippen molar-refractivity contribution in [3.63, 3.8) is 0 Å². The van der Waals surface area contributed by atoms with E-state index in [0.29, 0.717) is 5.92 Å². The third kappa shape index (κ3) is 2.47. The SMILES string of the molecule is NCCC1CCCc2cc(NC3CC3)ccc21. The Morgan fingerprint density at radius 3 is 2.88 bits per heavy atom. The van der Waals surface area contributed by atoms with Crippen molar-refractivity contribution in [2.45, 2.75) is 50.5 Å². The molecule has 2 aliphatic carbocycles. The second-order valence-corrected chi connectivity index (χ2v) is 5.50. The van der Waals surface area contributed by atoms with Gasteiger partial charge in [-0.1, -0.05) is 6.07 Å². The standard InChI is InChI=1S/C15H22N2/c16-9-8-11-2-1-3-12-10-14(6-7-15(11)12)17-13-4-5-13/h6-7,10-11,13,17H,1-5,8-9,16H2. The second kappa shape index (κ2) is 4.69. The first-order chi connectivity index (χ1) is 8.36. The maximum Gasteiger partial charge on any atom is 0.0345 e. The molecular weight excluding hydrogens is 208 g/mol. The number of benzene rings is 1. The predicted molar refractivity (Wildman–Crippen MR) is 72.4 cm³/mol. The van der Waals surface area contributed by atoms with Crippen LogP contribution in [0.5, 0.6) is 0 Å².